The van der Waals surface area contributed by atoms with E-state index in [1.807, 2.05) is 42.5 Å². The van der Waals surface area contributed by atoms with E-state index >= 15 is 0 Å². The molecule has 0 N–H and O–H groups in total. The lowest BCUT2D eigenvalue weighted by Gasteiger charge is -2.11. The first-order chi connectivity index (χ1) is 21.3. The summed E-state index contributed by atoms with van der Waals surface area (Å²) in [5.74, 6) is 0.701. The van der Waals surface area contributed by atoms with Crippen molar-refractivity contribution in [1.29, 1.82) is 0 Å². The van der Waals surface area contributed by atoms with Gasteiger partial charge in [-0.2, -0.15) is 0 Å². The van der Waals surface area contributed by atoms with Gasteiger partial charge in [-0.15, -0.1) is 0 Å². The van der Waals surface area contributed by atoms with Gasteiger partial charge in [-0.25, -0.2) is 15.0 Å². The molecule has 5 aromatic carbocycles. The summed E-state index contributed by atoms with van der Waals surface area (Å²) in [4.78, 5) is 14.1. The fraction of sp³-hybridized carbons (Fsp3) is 0. The van der Waals surface area contributed by atoms with Crippen LogP contribution in [0, 0.1) is 0 Å². The molecule has 2 heterocycles. The average molecular weight is 554 g/mol. The normalized spacial score (nSPS) is 10.8. The Bertz CT molecular complexity index is 2040. The molecule has 0 saturated carbocycles. The molecule has 7 aromatic rings. The Kier molecular flexibility index (Phi) is 7.23. The van der Waals surface area contributed by atoms with Crippen LogP contribution in [0.15, 0.2) is 169 Å². The van der Waals surface area contributed by atoms with Crippen LogP contribution in [0.4, 0.5) is 0 Å². The highest BCUT2D eigenvalue weighted by atomic mass is 16.3. The van der Waals surface area contributed by atoms with Crippen LogP contribution in [-0.2, 0) is 0 Å². The largest absolute Gasteiger partial charge is 0.453 e. The van der Waals surface area contributed by atoms with Crippen molar-refractivity contribution in [3.8, 4) is 56.2 Å². The number of rotatable bonds is 5. The third-order valence-electron chi connectivity index (χ3n) is 7.39. The minimum absolute atomic E-state index is 0.701. The van der Waals surface area contributed by atoms with Crippen LogP contribution in [0.5, 0.6) is 0 Å². The highest BCUT2D eigenvalue weighted by Crippen LogP contribution is 2.32. The Morgan fingerprint density at radius 3 is 1.67 bits per heavy atom. The number of benzene rings is 5. The van der Waals surface area contributed by atoms with Crippen molar-refractivity contribution >= 4 is 10.8 Å². The summed E-state index contributed by atoms with van der Waals surface area (Å²) < 4.78 is 5.46. The van der Waals surface area contributed by atoms with Crippen LogP contribution < -0.4 is 0 Å². The van der Waals surface area contributed by atoms with Crippen molar-refractivity contribution in [2.75, 3.05) is 0 Å². The quantitative estimate of drug-likeness (QED) is 0.213. The fourth-order valence-corrected chi connectivity index (χ4v) is 5.14. The lowest BCUT2D eigenvalue weighted by Crippen LogP contribution is -1.96. The van der Waals surface area contributed by atoms with E-state index in [2.05, 4.69) is 108 Å². The van der Waals surface area contributed by atoms with Gasteiger partial charge in [-0.3, -0.25) is 0 Å². The number of nitrogens with zero attached hydrogens (tertiary/aromatic N) is 3. The Morgan fingerprint density at radius 1 is 0.395 bits per heavy atom. The van der Waals surface area contributed by atoms with Gasteiger partial charge in [0.05, 0.1) is 11.4 Å². The van der Waals surface area contributed by atoms with Crippen LogP contribution in [0.2, 0.25) is 0 Å². The molecule has 0 radical (unpaired) electrons. The van der Waals surface area contributed by atoms with E-state index in [4.69, 9.17) is 14.4 Å². The van der Waals surface area contributed by atoms with Gasteiger partial charge in [0.15, 0.2) is 12.2 Å². The van der Waals surface area contributed by atoms with E-state index < -0.39 is 0 Å². The second kappa shape index (κ2) is 11.9. The third kappa shape index (κ3) is 5.81. The minimum Gasteiger partial charge on any atom is -0.453 e. The first kappa shape index (κ1) is 26.1. The number of aromatic nitrogens is 3. The van der Waals surface area contributed by atoms with E-state index in [0.717, 1.165) is 50.0 Å². The zero-order valence-electron chi connectivity index (χ0n) is 23.3. The molecule has 4 nitrogen and oxygen atoms in total. The molecule has 0 aliphatic carbocycles. The highest BCUT2D eigenvalue weighted by Gasteiger charge is 2.12. The van der Waals surface area contributed by atoms with Crippen molar-refractivity contribution in [2.24, 2.45) is 0 Å². The SMILES string of the molecule is c1ccc(-c2ccc(-c3cc(-c4ccc5cc(-c6ccccncoc6)ccc5c4)nc(-c4ccccc4)n3)cc2)cc1. The smallest absolute Gasteiger partial charge is 0.180 e. The second-order valence-electron chi connectivity index (χ2n) is 10.2. The van der Waals surface area contributed by atoms with Crippen LogP contribution in [-0.4, -0.2) is 15.0 Å². The third-order valence-corrected chi connectivity index (χ3v) is 7.39. The average Bonchev–Trinajstić information content (AvgIpc) is 3.23. The molecule has 43 heavy (non-hydrogen) atoms. The van der Waals surface area contributed by atoms with Gasteiger partial charge in [0, 0.05) is 28.5 Å². The van der Waals surface area contributed by atoms with Crippen molar-refractivity contribution < 1.29 is 4.42 Å². The molecule has 0 bridgehead atoms. The van der Waals surface area contributed by atoms with Gasteiger partial charge < -0.3 is 4.42 Å². The van der Waals surface area contributed by atoms with Gasteiger partial charge in [0.25, 0.3) is 0 Å². The maximum atomic E-state index is 5.46. The maximum absolute atomic E-state index is 5.46. The zero-order chi connectivity index (χ0) is 28.8. The molecule has 0 saturated heterocycles. The lowest BCUT2D eigenvalue weighted by atomic mass is 9.99. The molecular weight excluding hydrogens is 526 g/mol. The summed E-state index contributed by atoms with van der Waals surface area (Å²) >= 11 is 0. The van der Waals surface area contributed by atoms with Crippen LogP contribution in [0.1, 0.15) is 0 Å². The monoisotopic (exact) mass is 553 g/mol. The fourth-order valence-electron chi connectivity index (χ4n) is 5.14. The van der Waals surface area contributed by atoms with E-state index in [-0.39, 0.29) is 0 Å². The Balaban J connectivity index is 1.29. The molecule has 2 aromatic heterocycles. The van der Waals surface area contributed by atoms with Crippen molar-refractivity contribution in [3.63, 3.8) is 0 Å². The van der Waals surface area contributed by atoms with Crippen molar-refractivity contribution in [3.05, 3.63) is 164 Å². The first-order valence-corrected chi connectivity index (χ1v) is 14.2. The minimum atomic E-state index is 0.701. The molecular formula is C39H27N3O. The molecule has 4 heteroatoms. The van der Waals surface area contributed by atoms with Gasteiger partial charge in [0.1, 0.15) is 6.26 Å². The first-order valence-electron chi connectivity index (χ1n) is 14.2. The molecule has 0 amide bonds. The summed E-state index contributed by atoms with van der Waals surface area (Å²) in [6.07, 6.45) is 4.83. The number of fused-ring (bicyclic) bond motifs is 1. The molecule has 0 unspecified atom stereocenters. The summed E-state index contributed by atoms with van der Waals surface area (Å²) in [7, 11) is 0. The van der Waals surface area contributed by atoms with Gasteiger partial charge in [-0.1, -0.05) is 121 Å². The van der Waals surface area contributed by atoms with Crippen molar-refractivity contribution in [2.45, 2.75) is 0 Å². The van der Waals surface area contributed by atoms with Crippen LogP contribution in [0.25, 0.3) is 66.9 Å². The predicted octanol–water partition coefficient (Wildman–Crippen LogP) is 10.1. The van der Waals surface area contributed by atoms with Crippen LogP contribution >= 0.6 is 0 Å². The highest BCUT2D eigenvalue weighted by molar-refractivity contribution is 5.90. The van der Waals surface area contributed by atoms with E-state index in [1.165, 1.54) is 17.5 Å². The summed E-state index contributed by atoms with van der Waals surface area (Å²) in [6.45, 7) is 0. The molecule has 0 fully saturated rings. The van der Waals surface area contributed by atoms with E-state index in [9.17, 15) is 0 Å². The number of hydrogen-bond acceptors (Lipinski definition) is 4. The summed E-state index contributed by atoms with van der Waals surface area (Å²) in [5, 5.41) is 2.26. The molecule has 0 aliphatic heterocycles. The molecule has 204 valence electrons. The molecule has 0 atom stereocenters. The van der Waals surface area contributed by atoms with Crippen molar-refractivity contribution in [1.82, 2.24) is 15.0 Å². The summed E-state index contributed by atoms with van der Waals surface area (Å²) in [5.41, 5.74) is 9.22. The number of hydrogen-bond donors (Lipinski definition) is 0. The molecule has 0 spiro atoms. The van der Waals surface area contributed by atoms with Gasteiger partial charge in [0.2, 0.25) is 0 Å². The Labute approximate surface area is 250 Å². The Hall–Kier alpha value is -5.87. The van der Waals surface area contributed by atoms with Crippen LogP contribution in [0.3, 0.4) is 0 Å². The predicted molar refractivity (Wildman–Crippen MR) is 174 cm³/mol. The zero-order valence-corrected chi connectivity index (χ0v) is 23.3. The van der Waals surface area contributed by atoms with E-state index in [1.54, 1.807) is 12.5 Å². The summed E-state index contributed by atoms with van der Waals surface area (Å²) in [6, 6.07) is 50.0. The van der Waals surface area contributed by atoms with Gasteiger partial charge in [-0.05, 0) is 51.7 Å². The lowest BCUT2D eigenvalue weighted by molar-refractivity contribution is 0.537. The molecule has 0 aliphatic rings. The van der Waals surface area contributed by atoms with E-state index in [0.29, 0.717) is 5.82 Å². The Morgan fingerprint density at radius 2 is 0.930 bits per heavy atom. The standard InChI is InChI=1S/C39H27N3O/c1-3-9-28(10-4-1)29-14-16-30(17-15-29)37-25-38(42-39(41-37)31-11-5-2-6-12-31)35-21-20-32-23-34(19-18-33(32)24-35)36-13-7-8-22-40-27-43-26-36/h1-27H. The van der Waals surface area contributed by atoms with Gasteiger partial charge >= 0.3 is 0 Å². The maximum Gasteiger partial charge on any atom is 0.180 e. The molecule has 7 rings (SSSR count). The topological polar surface area (TPSA) is 51.8 Å². The second-order valence-corrected chi connectivity index (χ2v) is 10.2.